The lowest BCUT2D eigenvalue weighted by Gasteiger charge is -2.07. The van der Waals surface area contributed by atoms with Crippen LogP contribution in [-0.2, 0) is 26.4 Å². The van der Waals surface area contributed by atoms with Gasteiger partial charge in [-0.1, -0.05) is 13.8 Å². The average Bonchev–Trinajstić information content (AvgIpc) is 2.88. The molecule has 4 nitrogen and oxygen atoms in total. The first-order chi connectivity index (χ1) is 8.17. The molecule has 2 rings (SSSR count). The Morgan fingerprint density at radius 2 is 2.06 bits per heavy atom. The van der Waals surface area contributed by atoms with Crippen molar-refractivity contribution in [2.75, 3.05) is 0 Å². The van der Waals surface area contributed by atoms with Crippen LogP contribution in [0.5, 0.6) is 0 Å². The molecule has 0 aliphatic carbocycles. The molecule has 0 saturated heterocycles. The molecule has 0 aliphatic rings. The molecule has 0 atom stereocenters. The SMILES string of the molecule is CCc1nn(C)c(Cn2ccnc2CC)c1Br. The molecule has 2 heterocycles. The lowest BCUT2D eigenvalue weighted by atomic mass is 10.3. The van der Waals surface area contributed by atoms with Crippen LogP contribution in [0.1, 0.15) is 31.1 Å². The minimum atomic E-state index is 0.813. The summed E-state index contributed by atoms with van der Waals surface area (Å²) in [6, 6.07) is 0. The van der Waals surface area contributed by atoms with Crippen molar-refractivity contribution >= 4 is 15.9 Å². The van der Waals surface area contributed by atoms with Crippen LogP contribution in [0.2, 0.25) is 0 Å². The molecule has 0 amide bonds. The molecule has 0 aliphatic heterocycles. The number of halogens is 1. The fourth-order valence-electron chi connectivity index (χ4n) is 1.95. The summed E-state index contributed by atoms with van der Waals surface area (Å²) in [5.41, 5.74) is 2.30. The monoisotopic (exact) mass is 296 g/mol. The molecular weight excluding hydrogens is 280 g/mol. The summed E-state index contributed by atoms with van der Waals surface area (Å²) in [5.74, 6) is 1.11. The number of aryl methyl sites for hydroxylation is 3. The predicted octanol–water partition coefficient (Wildman–Crippen LogP) is 2.55. The van der Waals surface area contributed by atoms with Gasteiger partial charge < -0.3 is 4.57 Å². The zero-order valence-corrected chi connectivity index (χ0v) is 12.0. The molecule has 0 spiro atoms. The van der Waals surface area contributed by atoms with E-state index < -0.39 is 0 Å². The fraction of sp³-hybridized carbons (Fsp3) is 0.500. The second kappa shape index (κ2) is 5.04. The summed E-state index contributed by atoms with van der Waals surface area (Å²) in [6.07, 6.45) is 5.76. The van der Waals surface area contributed by atoms with Crippen molar-refractivity contribution < 1.29 is 0 Å². The number of nitrogens with zero attached hydrogens (tertiary/aromatic N) is 4. The molecule has 2 aromatic rings. The summed E-state index contributed by atoms with van der Waals surface area (Å²) in [5, 5.41) is 4.50. The maximum absolute atomic E-state index is 4.50. The van der Waals surface area contributed by atoms with Crippen LogP contribution in [0.15, 0.2) is 16.9 Å². The summed E-state index contributed by atoms with van der Waals surface area (Å²) in [7, 11) is 1.99. The van der Waals surface area contributed by atoms with E-state index in [-0.39, 0.29) is 0 Å². The Morgan fingerprint density at radius 3 is 2.65 bits per heavy atom. The standard InChI is InChI=1S/C12H17BrN4/c1-4-9-12(13)10(16(3)15-9)8-17-7-6-14-11(17)5-2/h6-7H,4-5,8H2,1-3H3. The highest BCUT2D eigenvalue weighted by atomic mass is 79.9. The quantitative estimate of drug-likeness (QED) is 0.869. The molecule has 0 saturated carbocycles. The van der Waals surface area contributed by atoms with Gasteiger partial charge in [-0.3, -0.25) is 4.68 Å². The molecule has 0 fully saturated rings. The number of imidazole rings is 1. The summed E-state index contributed by atoms with van der Waals surface area (Å²) in [4.78, 5) is 4.34. The number of hydrogen-bond acceptors (Lipinski definition) is 2. The van der Waals surface area contributed by atoms with Crippen LogP contribution >= 0.6 is 15.9 Å². The number of rotatable bonds is 4. The van der Waals surface area contributed by atoms with Crippen LogP contribution < -0.4 is 0 Å². The lowest BCUT2D eigenvalue weighted by molar-refractivity contribution is 0.642. The van der Waals surface area contributed by atoms with Crippen LogP contribution in [0.4, 0.5) is 0 Å². The fourth-order valence-corrected chi connectivity index (χ4v) is 2.69. The third-order valence-corrected chi connectivity index (χ3v) is 3.86. The third kappa shape index (κ3) is 2.29. The second-order valence-corrected chi connectivity index (χ2v) is 4.80. The van der Waals surface area contributed by atoms with Crippen molar-refractivity contribution in [3.05, 3.63) is 34.1 Å². The molecule has 0 N–H and O–H groups in total. The molecule has 17 heavy (non-hydrogen) atoms. The van der Waals surface area contributed by atoms with E-state index in [1.807, 2.05) is 24.1 Å². The zero-order chi connectivity index (χ0) is 12.4. The highest BCUT2D eigenvalue weighted by Crippen LogP contribution is 2.22. The van der Waals surface area contributed by atoms with E-state index >= 15 is 0 Å². The summed E-state index contributed by atoms with van der Waals surface area (Å²) in [6.45, 7) is 5.05. The van der Waals surface area contributed by atoms with Gasteiger partial charge in [0.2, 0.25) is 0 Å². The van der Waals surface area contributed by atoms with Gasteiger partial charge in [-0.2, -0.15) is 5.10 Å². The van der Waals surface area contributed by atoms with Gasteiger partial charge in [0.15, 0.2) is 0 Å². The van der Waals surface area contributed by atoms with Crippen molar-refractivity contribution in [2.24, 2.45) is 7.05 Å². The van der Waals surface area contributed by atoms with Crippen molar-refractivity contribution in [3.63, 3.8) is 0 Å². The maximum atomic E-state index is 4.50. The Morgan fingerprint density at radius 1 is 1.29 bits per heavy atom. The van der Waals surface area contributed by atoms with E-state index in [1.165, 1.54) is 5.69 Å². The third-order valence-electron chi connectivity index (χ3n) is 2.94. The van der Waals surface area contributed by atoms with E-state index in [0.717, 1.165) is 35.4 Å². The van der Waals surface area contributed by atoms with Crippen LogP contribution in [0.25, 0.3) is 0 Å². The minimum Gasteiger partial charge on any atom is -0.329 e. The van der Waals surface area contributed by atoms with Crippen LogP contribution in [0, 0.1) is 0 Å². The van der Waals surface area contributed by atoms with Crippen molar-refractivity contribution in [1.82, 2.24) is 19.3 Å². The van der Waals surface area contributed by atoms with Gasteiger partial charge in [0.1, 0.15) is 5.82 Å². The molecule has 0 radical (unpaired) electrons. The highest BCUT2D eigenvalue weighted by molar-refractivity contribution is 9.10. The van der Waals surface area contributed by atoms with E-state index in [0.29, 0.717) is 0 Å². The van der Waals surface area contributed by atoms with Crippen LogP contribution in [-0.4, -0.2) is 19.3 Å². The van der Waals surface area contributed by atoms with Crippen LogP contribution in [0.3, 0.4) is 0 Å². The largest absolute Gasteiger partial charge is 0.329 e. The molecule has 2 aromatic heterocycles. The smallest absolute Gasteiger partial charge is 0.108 e. The Bertz CT molecular complexity index is 513. The van der Waals surface area contributed by atoms with Gasteiger partial charge in [-0.05, 0) is 22.4 Å². The number of aromatic nitrogens is 4. The van der Waals surface area contributed by atoms with Crippen molar-refractivity contribution in [3.8, 4) is 0 Å². The van der Waals surface area contributed by atoms with E-state index in [9.17, 15) is 0 Å². The highest BCUT2D eigenvalue weighted by Gasteiger charge is 2.13. The molecule has 0 unspecified atom stereocenters. The maximum Gasteiger partial charge on any atom is 0.108 e. The first-order valence-corrected chi connectivity index (χ1v) is 6.66. The lowest BCUT2D eigenvalue weighted by Crippen LogP contribution is -2.08. The van der Waals surface area contributed by atoms with Gasteiger partial charge in [-0.15, -0.1) is 0 Å². The number of hydrogen-bond donors (Lipinski definition) is 0. The van der Waals surface area contributed by atoms with E-state index in [2.05, 4.69) is 44.4 Å². The zero-order valence-electron chi connectivity index (χ0n) is 10.4. The first kappa shape index (κ1) is 12.4. The van der Waals surface area contributed by atoms with Gasteiger partial charge in [0.05, 0.1) is 22.4 Å². The molecule has 5 heteroatoms. The van der Waals surface area contributed by atoms with Gasteiger partial charge in [-0.25, -0.2) is 4.98 Å². The Kier molecular flexibility index (Phi) is 3.66. The van der Waals surface area contributed by atoms with Gasteiger partial charge in [0.25, 0.3) is 0 Å². The Hall–Kier alpha value is -1.10. The van der Waals surface area contributed by atoms with Crippen molar-refractivity contribution in [1.29, 1.82) is 0 Å². The van der Waals surface area contributed by atoms with Crippen molar-refractivity contribution in [2.45, 2.75) is 33.2 Å². The van der Waals surface area contributed by atoms with E-state index in [4.69, 9.17) is 0 Å². The van der Waals surface area contributed by atoms with E-state index in [1.54, 1.807) is 0 Å². The van der Waals surface area contributed by atoms with Gasteiger partial charge in [0, 0.05) is 25.9 Å². The Labute approximate surface area is 110 Å². The minimum absolute atomic E-state index is 0.813. The Balaban J connectivity index is 2.33. The molecule has 0 aromatic carbocycles. The predicted molar refractivity (Wildman–Crippen MR) is 71.0 cm³/mol. The molecular formula is C12H17BrN4. The normalized spacial score (nSPS) is 11.1. The summed E-state index contributed by atoms with van der Waals surface area (Å²) >= 11 is 3.64. The van der Waals surface area contributed by atoms with Gasteiger partial charge >= 0.3 is 0 Å². The second-order valence-electron chi connectivity index (χ2n) is 4.01. The first-order valence-electron chi connectivity index (χ1n) is 5.87. The summed E-state index contributed by atoms with van der Waals surface area (Å²) < 4.78 is 5.24. The average molecular weight is 297 g/mol. The topological polar surface area (TPSA) is 35.6 Å². The molecule has 0 bridgehead atoms. The molecule has 92 valence electrons.